The van der Waals surface area contributed by atoms with Gasteiger partial charge in [0.05, 0.1) is 5.52 Å². The van der Waals surface area contributed by atoms with E-state index in [1.165, 1.54) is 49.7 Å². The number of piperidine rings is 1. The number of halogens is 2. The van der Waals surface area contributed by atoms with Crippen molar-refractivity contribution in [2.45, 2.75) is 25.7 Å². The highest BCUT2D eigenvalue weighted by atomic mass is 35.5. The molecule has 0 saturated carbocycles. The van der Waals surface area contributed by atoms with Crippen LogP contribution in [-0.4, -0.2) is 18.1 Å². The van der Waals surface area contributed by atoms with Gasteiger partial charge in [-0.15, -0.1) is 24.8 Å². The second-order valence-corrected chi connectivity index (χ2v) is 5.22. The zero-order chi connectivity index (χ0) is 12.2. The highest BCUT2D eigenvalue weighted by Crippen LogP contribution is 2.22. The quantitative estimate of drug-likeness (QED) is 0.926. The van der Waals surface area contributed by atoms with Crippen LogP contribution in [0.15, 0.2) is 36.5 Å². The Hall–Kier alpha value is -0.830. The molecule has 4 heteroatoms. The molecule has 0 unspecified atom stereocenters. The van der Waals surface area contributed by atoms with E-state index in [9.17, 15) is 0 Å². The van der Waals surface area contributed by atoms with Gasteiger partial charge < -0.3 is 5.32 Å². The number of nitrogens with one attached hydrogen (secondary N) is 1. The first-order valence-electron chi connectivity index (χ1n) is 6.97. The number of fused-ring (bicyclic) bond motifs is 1. The van der Waals surface area contributed by atoms with Gasteiger partial charge >= 0.3 is 0 Å². The fourth-order valence-electron chi connectivity index (χ4n) is 2.90. The Balaban J connectivity index is 0.000001000. The minimum Gasteiger partial charge on any atom is -0.317 e. The topological polar surface area (TPSA) is 24.9 Å². The smallest absolute Gasteiger partial charge is 0.0704 e. The lowest BCUT2D eigenvalue weighted by Gasteiger charge is -2.22. The molecule has 1 aliphatic rings. The highest BCUT2D eigenvalue weighted by Gasteiger charge is 2.13. The summed E-state index contributed by atoms with van der Waals surface area (Å²) in [5.41, 5.74) is 2.58. The molecular weight excluding hydrogens is 291 g/mol. The van der Waals surface area contributed by atoms with Gasteiger partial charge in [0.1, 0.15) is 0 Å². The molecule has 1 N–H and O–H groups in total. The largest absolute Gasteiger partial charge is 0.317 e. The third-order valence-corrected chi connectivity index (χ3v) is 4.02. The molecule has 0 amide bonds. The average molecular weight is 313 g/mol. The average Bonchev–Trinajstić information content (AvgIpc) is 2.46. The first-order valence-corrected chi connectivity index (χ1v) is 6.97. The molecule has 1 aliphatic heterocycles. The van der Waals surface area contributed by atoms with E-state index < -0.39 is 0 Å². The van der Waals surface area contributed by atoms with Gasteiger partial charge in [-0.3, -0.25) is 4.98 Å². The maximum absolute atomic E-state index is 4.43. The standard InChI is InChI=1S/C16H20N2.2ClH/c1-2-4-16-15(3-1)14(9-12-18-16)6-5-13-7-10-17-11-8-13;;/h1-4,9,12-13,17H,5-8,10-11H2;2*1H. The lowest BCUT2D eigenvalue weighted by atomic mass is 9.91. The van der Waals surface area contributed by atoms with Crippen LogP contribution in [0.4, 0.5) is 0 Å². The third-order valence-electron chi connectivity index (χ3n) is 4.02. The number of rotatable bonds is 3. The number of benzene rings is 1. The number of para-hydroxylation sites is 1. The monoisotopic (exact) mass is 312 g/mol. The predicted octanol–water partition coefficient (Wildman–Crippen LogP) is 4.01. The third kappa shape index (κ3) is 4.08. The van der Waals surface area contributed by atoms with E-state index in [1.807, 2.05) is 6.20 Å². The summed E-state index contributed by atoms with van der Waals surface area (Å²) in [5.74, 6) is 0.901. The van der Waals surface area contributed by atoms with E-state index in [4.69, 9.17) is 0 Å². The predicted molar refractivity (Wildman–Crippen MR) is 90.2 cm³/mol. The summed E-state index contributed by atoms with van der Waals surface area (Å²) in [7, 11) is 0. The van der Waals surface area contributed by atoms with Gasteiger partial charge in [0.25, 0.3) is 0 Å². The summed E-state index contributed by atoms with van der Waals surface area (Å²) in [5, 5.41) is 4.76. The molecule has 2 nitrogen and oxygen atoms in total. The SMILES string of the molecule is Cl.Cl.c1ccc2c(CCC3CCNCC3)ccnc2c1. The minimum absolute atomic E-state index is 0. The molecule has 20 heavy (non-hydrogen) atoms. The zero-order valence-electron chi connectivity index (χ0n) is 11.5. The second-order valence-electron chi connectivity index (χ2n) is 5.22. The van der Waals surface area contributed by atoms with Crippen molar-refractivity contribution in [3.05, 3.63) is 42.1 Å². The molecule has 0 atom stereocenters. The van der Waals surface area contributed by atoms with Crippen LogP contribution in [0, 0.1) is 5.92 Å². The highest BCUT2D eigenvalue weighted by molar-refractivity contribution is 5.85. The normalized spacial score (nSPS) is 15.4. The van der Waals surface area contributed by atoms with Crippen LogP contribution in [0.2, 0.25) is 0 Å². The molecule has 1 saturated heterocycles. The van der Waals surface area contributed by atoms with Crippen molar-refractivity contribution in [1.82, 2.24) is 10.3 Å². The van der Waals surface area contributed by atoms with E-state index in [-0.39, 0.29) is 24.8 Å². The van der Waals surface area contributed by atoms with Gasteiger partial charge in [-0.2, -0.15) is 0 Å². The van der Waals surface area contributed by atoms with E-state index in [0.717, 1.165) is 11.4 Å². The molecule has 0 bridgehead atoms. The van der Waals surface area contributed by atoms with Gasteiger partial charge in [-0.25, -0.2) is 0 Å². The molecule has 1 fully saturated rings. The van der Waals surface area contributed by atoms with Gasteiger partial charge in [0.15, 0.2) is 0 Å². The fourth-order valence-corrected chi connectivity index (χ4v) is 2.90. The van der Waals surface area contributed by atoms with E-state index in [2.05, 4.69) is 40.6 Å². The summed E-state index contributed by atoms with van der Waals surface area (Å²) in [6.45, 7) is 2.39. The summed E-state index contributed by atoms with van der Waals surface area (Å²) < 4.78 is 0. The molecule has 2 aromatic rings. The van der Waals surface area contributed by atoms with E-state index >= 15 is 0 Å². The first kappa shape index (κ1) is 17.2. The summed E-state index contributed by atoms with van der Waals surface area (Å²) in [4.78, 5) is 4.43. The molecule has 0 aliphatic carbocycles. The Labute approximate surface area is 133 Å². The van der Waals surface area contributed by atoms with Crippen molar-refractivity contribution in [3.8, 4) is 0 Å². The number of pyridine rings is 1. The molecule has 1 aromatic heterocycles. The Morgan fingerprint density at radius 2 is 1.80 bits per heavy atom. The fraction of sp³-hybridized carbons (Fsp3) is 0.438. The van der Waals surface area contributed by atoms with E-state index in [1.54, 1.807) is 0 Å². The Morgan fingerprint density at radius 3 is 2.60 bits per heavy atom. The van der Waals surface area contributed by atoms with Crippen molar-refractivity contribution >= 4 is 35.7 Å². The van der Waals surface area contributed by atoms with Crippen molar-refractivity contribution in [2.75, 3.05) is 13.1 Å². The number of aromatic nitrogens is 1. The number of nitrogens with zero attached hydrogens (tertiary/aromatic N) is 1. The van der Waals surface area contributed by atoms with Gasteiger partial charge in [0.2, 0.25) is 0 Å². The van der Waals surface area contributed by atoms with Gasteiger partial charge in [-0.05, 0) is 62.4 Å². The lowest BCUT2D eigenvalue weighted by Crippen LogP contribution is -2.27. The second kappa shape index (κ2) is 8.46. The molecule has 1 aromatic carbocycles. The van der Waals surface area contributed by atoms with Crippen molar-refractivity contribution in [2.24, 2.45) is 5.92 Å². The van der Waals surface area contributed by atoms with Crippen LogP contribution in [-0.2, 0) is 6.42 Å². The lowest BCUT2D eigenvalue weighted by molar-refractivity contribution is 0.354. The van der Waals surface area contributed by atoms with Gasteiger partial charge in [-0.1, -0.05) is 18.2 Å². The summed E-state index contributed by atoms with van der Waals surface area (Å²) in [6, 6.07) is 10.6. The number of hydrogen-bond donors (Lipinski definition) is 1. The van der Waals surface area contributed by atoms with Crippen molar-refractivity contribution in [1.29, 1.82) is 0 Å². The van der Waals surface area contributed by atoms with Crippen LogP contribution in [0.5, 0.6) is 0 Å². The Kier molecular flexibility index (Phi) is 7.28. The summed E-state index contributed by atoms with van der Waals surface area (Å²) in [6.07, 6.45) is 7.12. The zero-order valence-corrected chi connectivity index (χ0v) is 13.2. The Morgan fingerprint density at radius 1 is 1.05 bits per heavy atom. The molecule has 2 heterocycles. The van der Waals surface area contributed by atoms with Crippen LogP contribution < -0.4 is 5.32 Å². The molecular formula is C16H22Cl2N2. The maximum Gasteiger partial charge on any atom is 0.0704 e. The van der Waals surface area contributed by atoms with E-state index in [0.29, 0.717) is 0 Å². The molecule has 0 spiro atoms. The first-order chi connectivity index (χ1) is 8.93. The number of aryl methyl sites for hydroxylation is 1. The Bertz CT molecular complexity index is 519. The molecule has 0 radical (unpaired) electrons. The molecule has 110 valence electrons. The van der Waals surface area contributed by atoms with Gasteiger partial charge in [0, 0.05) is 11.6 Å². The van der Waals surface area contributed by atoms with Crippen LogP contribution in [0.3, 0.4) is 0 Å². The summed E-state index contributed by atoms with van der Waals surface area (Å²) >= 11 is 0. The van der Waals surface area contributed by atoms with Crippen LogP contribution >= 0.6 is 24.8 Å². The van der Waals surface area contributed by atoms with Crippen molar-refractivity contribution < 1.29 is 0 Å². The van der Waals surface area contributed by atoms with Crippen LogP contribution in [0.1, 0.15) is 24.8 Å². The maximum atomic E-state index is 4.43. The minimum atomic E-state index is 0. The molecule has 3 rings (SSSR count). The van der Waals surface area contributed by atoms with Crippen LogP contribution in [0.25, 0.3) is 10.9 Å². The number of hydrogen-bond acceptors (Lipinski definition) is 2. The van der Waals surface area contributed by atoms with Crippen molar-refractivity contribution in [3.63, 3.8) is 0 Å².